The standard InChI is InChI=1S/C8H15O2/c1-5-8(3,4)6-10-7(2)9/h2,5-6H2,1,3-4H3. The fourth-order valence-electron chi connectivity index (χ4n) is 0.378. The molecule has 0 unspecified atom stereocenters. The minimum Gasteiger partial charge on any atom is -0.465 e. The zero-order valence-electron chi connectivity index (χ0n) is 6.94. The Balaban J connectivity index is 3.56. The molecule has 0 atom stereocenters. The van der Waals surface area contributed by atoms with E-state index in [4.69, 9.17) is 4.74 Å². The monoisotopic (exact) mass is 143 g/mol. The van der Waals surface area contributed by atoms with Crippen LogP contribution in [0.4, 0.5) is 0 Å². The molecule has 10 heavy (non-hydrogen) atoms. The van der Waals surface area contributed by atoms with Gasteiger partial charge in [0, 0.05) is 0 Å². The Kier molecular flexibility index (Phi) is 3.40. The van der Waals surface area contributed by atoms with E-state index in [0.717, 1.165) is 6.42 Å². The van der Waals surface area contributed by atoms with E-state index in [-0.39, 0.29) is 5.41 Å². The molecule has 0 aromatic heterocycles. The van der Waals surface area contributed by atoms with Gasteiger partial charge in [0.05, 0.1) is 13.5 Å². The van der Waals surface area contributed by atoms with E-state index >= 15 is 0 Å². The highest BCUT2D eigenvalue weighted by molar-refractivity contribution is 5.73. The maximum atomic E-state index is 10.3. The summed E-state index contributed by atoms with van der Waals surface area (Å²) in [5.74, 6) is -0.443. The summed E-state index contributed by atoms with van der Waals surface area (Å²) in [6.45, 7) is 9.75. The van der Waals surface area contributed by atoms with Crippen molar-refractivity contribution in [2.24, 2.45) is 5.41 Å². The van der Waals surface area contributed by atoms with Crippen LogP contribution in [0.2, 0.25) is 0 Å². The second kappa shape index (κ2) is 3.59. The van der Waals surface area contributed by atoms with Crippen molar-refractivity contribution in [1.82, 2.24) is 0 Å². The van der Waals surface area contributed by atoms with Crippen LogP contribution < -0.4 is 0 Å². The molecule has 0 rings (SSSR count). The minimum absolute atomic E-state index is 0.0906. The van der Waals surface area contributed by atoms with Gasteiger partial charge in [-0.1, -0.05) is 20.8 Å². The molecule has 0 bridgehead atoms. The smallest absolute Gasteiger partial charge is 0.306 e. The lowest BCUT2D eigenvalue weighted by atomic mass is 9.92. The van der Waals surface area contributed by atoms with Gasteiger partial charge in [0.25, 0.3) is 0 Å². The van der Waals surface area contributed by atoms with Crippen molar-refractivity contribution in [2.75, 3.05) is 6.61 Å². The normalized spacial score (nSPS) is 11.2. The molecule has 0 saturated carbocycles. The highest BCUT2D eigenvalue weighted by atomic mass is 16.5. The molecule has 0 aromatic rings. The van der Waals surface area contributed by atoms with Crippen molar-refractivity contribution < 1.29 is 9.53 Å². The molecule has 0 spiro atoms. The van der Waals surface area contributed by atoms with Gasteiger partial charge in [-0.3, -0.25) is 4.79 Å². The third kappa shape index (κ3) is 4.36. The molecule has 59 valence electrons. The Labute approximate surface area is 62.6 Å². The molecule has 2 heteroatoms. The highest BCUT2D eigenvalue weighted by Gasteiger charge is 2.16. The lowest BCUT2D eigenvalue weighted by Gasteiger charge is -2.21. The van der Waals surface area contributed by atoms with Crippen LogP contribution in [0, 0.1) is 12.3 Å². The van der Waals surface area contributed by atoms with Crippen LogP contribution in [0.3, 0.4) is 0 Å². The number of hydrogen-bond acceptors (Lipinski definition) is 2. The Morgan fingerprint density at radius 3 is 2.40 bits per heavy atom. The predicted molar refractivity (Wildman–Crippen MR) is 40.4 cm³/mol. The average molecular weight is 143 g/mol. The van der Waals surface area contributed by atoms with Crippen molar-refractivity contribution in [2.45, 2.75) is 27.2 Å². The quantitative estimate of drug-likeness (QED) is 0.563. The summed E-state index contributed by atoms with van der Waals surface area (Å²) >= 11 is 0. The van der Waals surface area contributed by atoms with E-state index in [1.807, 2.05) is 0 Å². The molecule has 0 N–H and O–H groups in total. The first kappa shape index (κ1) is 9.47. The van der Waals surface area contributed by atoms with Crippen molar-refractivity contribution in [3.63, 3.8) is 0 Å². The van der Waals surface area contributed by atoms with E-state index in [1.165, 1.54) is 0 Å². The summed E-state index contributed by atoms with van der Waals surface area (Å²) in [5, 5.41) is 0. The highest BCUT2D eigenvalue weighted by Crippen LogP contribution is 2.19. The molecule has 2 nitrogen and oxygen atoms in total. The van der Waals surface area contributed by atoms with Gasteiger partial charge in [-0.2, -0.15) is 0 Å². The molecular weight excluding hydrogens is 128 g/mol. The Morgan fingerprint density at radius 1 is 1.60 bits per heavy atom. The van der Waals surface area contributed by atoms with Crippen molar-refractivity contribution in [1.29, 1.82) is 0 Å². The van der Waals surface area contributed by atoms with Crippen LogP contribution in [0.5, 0.6) is 0 Å². The summed E-state index contributed by atoms with van der Waals surface area (Å²) in [6, 6.07) is 0. The van der Waals surface area contributed by atoms with E-state index in [2.05, 4.69) is 27.7 Å². The van der Waals surface area contributed by atoms with Gasteiger partial charge < -0.3 is 4.74 Å². The summed E-state index contributed by atoms with van der Waals surface area (Å²) in [4.78, 5) is 10.3. The first-order valence-electron chi connectivity index (χ1n) is 3.46. The van der Waals surface area contributed by atoms with Crippen LogP contribution in [-0.4, -0.2) is 12.6 Å². The van der Waals surface area contributed by atoms with Crippen LogP contribution in [0.25, 0.3) is 0 Å². The Bertz CT molecular complexity index is 116. The SMILES string of the molecule is [CH2]C(=O)OCC(C)(C)CC. The fraction of sp³-hybridized carbons (Fsp3) is 0.750. The third-order valence-corrected chi connectivity index (χ3v) is 1.58. The molecular formula is C8H15O2. The second-order valence-corrected chi connectivity index (χ2v) is 3.18. The van der Waals surface area contributed by atoms with Gasteiger partial charge in [-0.25, -0.2) is 0 Å². The predicted octanol–water partition coefficient (Wildman–Crippen LogP) is 1.80. The van der Waals surface area contributed by atoms with Gasteiger partial charge in [-0.05, 0) is 11.8 Å². The van der Waals surface area contributed by atoms with Gasteiger partial charge in [-0.15, -0.1) is 0 Å². The fourth-order valence-corrected chi connectivity index (χ4v) is 0.378. The average Bonchev–Trinajstić information content (AvgIpc) is 1.85. The first-order valence-corrected chi connectivity index (χ1v) is 3.46. The molecule has 1 radical (unpaired) electrons. The summed E-state index contributed by atoms with van der Waals surface area (Å²) in [6.07, 6.45) is 1.00. The van der Waals surface area contributed by atoms with Crippen LogP contribution in [0.15, 0.2) is 0 Å². The lowest BCUT2D eigenvalue weighted by Crippen LogP contribution is -2.19. The molecule has 0 amide bonds. The van der Waals surface area contributed by atoms with Gasteiger partial charge in [0.15, 0.2) is 0 Å². The van der Waals surface area contributed by atoms with E-state index < -0.39 is 5.97 Å². The number of esters is 1. The summed E-state index contributed by atoms with van der Waals surface area (Å²) < 4.78 is 4.75. The van der Waals surface area contributed by atoms with Gasteiger partial charge in [0.2, 0.25) is 0 Å². The zero-order chi connectivity index (χ0) is 8.20. The van der Waals surface area contributed by atoms with Crippen LogP contribution in [-0.2, 0) is 9.53 Å². The Hall–Kier alpha value is -0.530. The third-order valence-electron chi connectivity index (χ3n) is 1.58. The van der Waals surface area contributed by atoms with Crippen LogP contribution >= 0.6 is 0 Å². The molecule has 0 aliphatic heterocycles. The van der Waals surface area contributed by atoms with E-state index in [9.17, 15) is 4.79 Å². The van der Waals surface area contributed by atoms with Crippen molar-refractivity contribution in [3.05, 3.63) is 6.92 Å². The molecule has 0 heterocycles. The first-order chi connectivity index (χ1) is 4.48. The lowest BCUT2D eigenvalue weighted by molar-refractivity contribution is -0.141. The molecule has 0 saturated heterocycles. The number of hydrogen-bond donors (Lipinski definition) is 0. The number of ether oxygens (including phenoxy) is 1. The van der Waals surface area contributed by atoms with Crippen molar-refractivity contribution in [3.8, 4) is 0 Å². The molecule has 0 aliphatic rings. The minimum atomic E-state index is -0.443. The number of rotatable bonds is 3. The summed E-state index contributed by atoms with van der Waals surface area (Å²) in [5.41, 5.74) is 0.0906. The maximum Gasteiger partial charge on any atom is 0.306 e. The van der Waals surface area contributed by atoms with Crippen molar-refractivity contribution >= 4 is 5.97 Å². The second-order valence-electron chi connectivity index (χ2n) is 3.18. The van der Waals surface area contributed by atoms with Crippen LogP contribution in [0.1, 0.15) is 27.2 Å². The van der Waals surface area contributed by atoms with Gasteiger partial charge in [0.1, 0.15) is 0 Å². The maximum absolute atomic E-state index is 10.3. The molecule has 0 aliphatic carbocycles. The van der Waals surface area contributed by atoms with E-state index in [0.29, 0.717) is 6.61 Å². The summed E-state index contributed by atoms with van der Waals surface area (Å²) in [7, 11) is 0. The molecule has 0 fully saturated rings. The van der Waals surface area contributed by atoms with Gasteiger partial charge >= 0.3 is 5.97 Å². The largest absolute Gasteiger partial charge is 0.465 e. The molecule has 0 aromatic carbocycles. The topological polar surface area (TPSA) is 26.3 Å². The Morgan fingerprint density at radius 2 is 2.10 bits per heavy atom. The number of carbonyl (C=O) groups is 1. The number of carbonyl (C=O) groups excluding carboxylic acids is 1. The van der Waals surface area contributed by atoms with E-state index in [1.54, 1.807) is 0 Å². The zero-order valence-corrected chi connectivity index (χ0v) is 6.94.